The summed E-state index contributed by atoms with van der Waals surface area (Å²) < 4.78 is 5.61. The smallest absolute Gasteiger partial charge is 0.136 e. The van der Waals surface area contributed by atoms with E-state index >= 15 is 0 Å². The lowest BCUT2D eigenvalue weighted by Gasteiger charge is -2.27. The molecular weight excluding hydrogens is 200 g/mol. The molecule has 2 aromatic rings. The van der Waals surface area contributed by atoms with Crippen LogP contribution in [0.15, 0.2) is 28.9 Å². The highest BCUT2D eigenvalue weighted by atomic mass is 16.3. The fourth-order valence-corrected chi connectivity index (χ4v) is 2.21. The second-order valence-corrected chi connectivity index (χ2v) is 4.28. The van der Waals surface area contributed by atoms with Crippen molar-refractivity contribution >= 4 is 16.7 Å². The van der Waals surface area contributed by atoms with Gasteiger partial charge < -0.3 is 9.32 Å². The van der Waals surface area contributed by atoms with Gasteiger partial charge in [-0.15, -0.1) is 0 Å². The molecular formula is C13H15N2O. The molecule has 1 radical (unpaired) electrons. The third-order valence-corrected chi connectivity index (χ3v) is 3.11. The van der Waals surface area contributed by atoms with Gasteiger partial charge in [-0.1, -0.05) is 6.07 Å². The first kappa shape index (κ1) is 9.73. The Morgan fingerprint density at radius 2 is 2.06 bits per heavy atom. The highest BCUT2D eigenvalue weighted by Crippen LogP contribution is 2.29. The van der Waals surface area contributed by atoms with Crippen LogP contribution in [-0.4, -0.2) is 26.2 Å². The second kappa shape index (κ2) is 3.83. The summed E-state index contributed by atoms with van der Waals surface area (Å²) in [6, 6.07) is 6.37. The monoisotopic (exact) mass is 215 g/mol. The normalized spacial score (nSPS) is 16.9. The molecule has 1 fully saturated rings. The number of aryl methyl sites for hydroxylation is 1. The number of hydrogen-bond donors (Lipinski definition) is 0. The minimum absolute atomic E-state index is 0.929. The number of piperazine rings is 1. The highest BCUT2D eigenvalue weighted by molar-refractivity contribution is 5.91. The van der Waals surface area contributed by atoms with Gasteiger partial charge in [0.25, 0.3) is 0 Å². The molecule has 3 rings (SSSR count). The molecule has 2 heterocycles. The maximum Gasteiger partial charge on any atom is 0.136 e. The van der Waals surface area contributed by atoms with Crippen molar-refractivity contribution in [1.82, 2.24) is 5.32 Å². The van der Waals surface area contributed by atoms with E-state index in [0.717, 1.165) is 31.8 Å². The SMILES string of the molecule is Cc1ccc2c(N3CC[N]CC3)coc2c1. The molecule has 1 aliphatic heterocycles. The summed E-state index contributed by atoms with van der Waals surface area (Å²) in [6.07, 6.45) is 1.87. The molecule has 3 nitrogen and oxygen atoms in total. The third kappa shape index (κ3) is 1.57. The van der Waals surface area contributed by atoms with Crippen molar-refractivity contribution in [3.8, 4) is 0 Å². The number of hydrogen-bond acceptors (Lipinski definition) is 2. The van der Waals surface area contributed by atoms with Crippen molar-refractivity contribution in [3.05, 3.63) is 30.0 Å². The summed E-state index contributed by atoms with van der Waals surface area (Å²) >= 11 is 0. The van der Waals surface area contributed by atoms with Crippen molar-refractivity contribution in [2.24, 2.45) is 0 Å². The van der Waals surface area contributed by atoms with E-state index in [0.29, 0.717) is 0 Å². The van der Waals surface area contributed by atoms with Gasteiger partial charge in [0.1, 0.15) is 11.8 Å². The number of anilines is 1. The first-order chi connectivity index (χ1) is 7.84. The van der Waals surface area contributed by atoms with Crippen molar-refractivity contribution in [1.29, 1.82) is 0 Å². The molecule has 1 aromatic heterocycles. The first-order valence-corrected chi connectivity index (χ1v) is 5.71. The zero-order valence-electron chi connectivity index (χ0n) is 9.44. The largest absolute Gasteiger partial charge is 0.462 e. The highest BCUT2D eigenvalue weighted by Gasteiger charge is 2.15. The molecule has 1 saturated heterocycles. The van der Waals surface area contributed by atoms with Gasteiger partial charge in [-0.05, 0) is 24.6 Å². The zero-order valence-corrected chi connectivity index (χ0v) is 9.44. The molecule has 1 aliphatic rings. The lowest BCUT2D eigenvalue weighted by Crippen LogP contribution is -2.40. The van der Waals surface area contributed by atoms with Gasteiger partial charge in [-0.25, -0.2) is 5.32 Å². The Labute approximate surface area is 95.0 Å². The molecule has 0 amide bonds. The fourth-order valence-electron chi connectivity index (χ4n) is 2.21. The van der Waals surface area contributed by atoms with Crippen LogP contribution in [0.5, 0.6) is 0 Å². The van der Waals surface area contributed by atoms with E-state index in [9.17, 15) is 0 Å². The third-order valence-electron chi connectivity index (χ3n) is 3.11. The maximum atomic E-state index is 5.61. The standard InChI is InChI=1S/C13H15N2O/c1-10-2-3-11-12(9-16-13(11)8-10)15-6-4-14-5-7-15/h2-3,8-9H,4-7H2,1H3. The minimum Gasteiger partial charge on any atom is -0.462 e. The van der Waals surface area contributed by atoms with Crippen molar-refractivity contribution in [2.75, 3.05) is 31.1 Å². The molecule has 3 heteroatoms. The number of fused-ring (bicyclic) bond motifs is 1. The van der Waals surface area contributed by atoms with E-state index in [1.807, 2.05) is 6.26 Å². The zero-order chi connectivity index (χ0) is 11.0. The van der Waals surface area contributed by atoms with Crippen LogP contribution in [0.4, 0.5) is 5.69 Å². The predicted molar refractivity (Wildman–Crippen MR) is 65.0 cm³/mol. The topological polar surface area (TPSA) is 30.5 Å². The van der Waals surface area contributed by atoms with Crippen LogP contribution in [0, 0.1) is 6.92 Å². The molecule has 0 spiro atoms. The van der Waals surface area contributed by atoms with E-state index in [1.54, 1.807) is 0 Å². The minimum atomic E-state index is 0.929. The molecule has 0 N–H and O–H groups in total. The van der Waals surface area contributed by atoms with E-state index in [1.165, 1.54) is 16.6 Å². The number of rotatable bonds is 1. The van der Waals surface area contributed by atoms with Gasteiger partial charge in [-0.3, -0.25) is 0 Å². The second-order valence-electron chi connectivity index (χ2n) is 4.28. The van der Waals surface area contributed by atoms with Gasteiger partial charge in [0, 0.05) is 31.6 Å². The Bertz CT molecular complexity index is 498. The van der Waals surface area contributed by atoms with E-state index in [4.69, 9.17) is 4.42 Å². The molecule has 0 saturated carbocycles. The average Bonchev–Trinajstić information content (AvgIpc) is 2.73. The molecule has 16 heavy (non-hydrogen) atoms. The van der Waals surface area contributed by atoms with Crippen LogP contribution in [-0.2, 0) is 0 Å². The Kier molecular flexibility index (Phi) is 2.33. The first-order valence-electron chi connectivity index (χ1n) is 5.71. The lowest BCUT2D eigenvalue weighted by atomic mass is 10.1. The van der Waals surface area contributed by atoms with Gasteiger partial charge in [0.15, 0.2) is 0 Å². The van der Waals surface area contributed by atoms with Crippen molar-refractivity contribution in [3.63, 3.8) is 0 Å². The van der Waals surface area contributed by atoms with Crippen molar-refractivity contribution < 1.29 is 4.42 Å². The fraction of sp³-hybridized carbons (Fsp3) is 0.385. The number of benzene rings is 1. The van der Waals surface area contributed by atoms with Crippen LogP contribution < -0.4 is 10.2 Å². The van der Waals surface area contributed by atoms with Gasteiger partial charge >= 0.3 is 0 Å². The van der Waals surface area contributed by atoms with Gasteiger partial charge in [0.05, 0.1) is 5.69 Å². The number of nitrogens with zero attached hydrogens (tertiary/aromatic N) is 2. The van der Waals surface area contributed by atoms with Gasteiger partial charge in [0.2, 0.25) is 0 Å². The van der Waals surface area contributed by atoms with E-state index in [-0.39, 0.29) is 0 Å². The van der Waals surface area contributed by atoms with Crippen LogP contribution in [0.2, 0.25) is 0 Å². The van der Waals surface area contributed by atoms with Crippen LogP contribution in [0.25, 0.3) is 11.0 Å². The Hall–Kier alpha value is -1.48. The molecule has 0 atom stereocenters. The molecule has 0 unspecified atom stereocenters. The van der Waals surface area contributed by atoms with Crippen molar-refractivity contribution in [2.45, 2.75) is 6.92 Å². The summed E-state index contributed by atoms with van der Waals surface area (Å²) in [7, 11) is 0. The molecule has 83 valence electrons. The molecule has 1 aromatic carbocycles. The lowest BCUT2D eigenvalue weighted by molar-refractivity contribution is 0.570. The summed E-state index contributed by atoms with van der Waals surface area (Å²) in [5, 5.41) is 5.57. The average molecular weight is 215 g/mol. The van der Waals surface area contributed by atoms with Crippen LogP contribution in [0.3, 0.4) is 0 Å². The number of furan rings is 1. The Balaban J connectivity index is 2.03. The van der Waals surface area contributed by atoms with Crippen LogP contribution >= 0.6 is 0 Å². The maximum absolute atomic E-state index is 5.61. The molecule has 0 bridgehead atoms. The van der Waals surface area contributed by atoms with E-state index < -0.39 is 0 Å². The Morgan fingerprint density at radius 1 is 1.25 bits per heavy atom. The quantitative estimate of drug-likeness (QED) is 0.729. The van der Waals surface area contributed by atoms with Gasteiger partial charge in [-0.2, -0.15) is 0 Å². The summed E-state index contributed by atoms with van der Waals surface area (Å²) in [6.45, 7) is 5.95. The van der Waals surface area contributed by atoms with E-state index in [2.05, 4.69) is 35.3 Å². The predicted octanol–water partition coefficient (Wildman–Crippen LogP) is 2.17. The Morgan fingerprint density at radius 3 is 2.88 bits per heavy atom. The summed E-state index contributed by atoms with van der Waals surface area (Å²) in [5.74, 6) is 0. The summed E-state index contributed by atoms with van der Waals surface area (Å²) in [4.78, 5) is 2.36. The summed E-state index contributed by atoms with van der Waals surface area (Å²) in [5.41, 5.74) is 3.43. The van der Waals surface area contributed by atoms with Crippen LogP contribution in [0.1, 0.15) is 5.56 Å². The molecule has 0 aliphatic carbocycles.